The maximum atomic E-state index is 13.6. The van der Waals surface area contributed by atoms with Crippen LogP contribution in [0.15, 0.2) is 58.1 Å². The van der Waals surface area contributed by atoms with E-state index in [1.807, 2.05) is 0 Å². The lowest BCUT2D eigenvalue weighted by Crippen LogP contribution is -2.59. The Morgan fingerprint density at radius 1 is 0.359 bits per heavy atom. The zero-order valence-electron chi connectivity index (χ0n) is 74.1. The minimum absolute atomic E-state index is 0.00188. The fourth-order valence-electron chi connectivity index (χ4n) is 15.7. The third kappa shape index (κ3) is 36.3. The fourth-order valence-corrected chi connectivity index (χ4v) is 15.7. The second-order valence-electron chi connectivity index (χ2n) is 32.4. The van der Waals surface area contributed by atoms with Crippen LogP contribution in [0.3, 0.4) is 0 Å². The van der Waals surface area contributed by atoms with Gasteiger partial charge in [-0.2, -0.15) is 15.0 Å². The number of aryl methyl sites for hydroxylation is 2. The van der Waals surface area contributed by atoms with Crippen LogP contribution < -0.4 is 63.0 Å². The third-order valence-electron chi connectivity index (χ3n) is 22.9. The van der Waals surface area contributed by atoms with Crippen LogP contribution in [0.2, 0.25) is 0 Å². The number of carbonyl (C=O) groups excluding carboxylic acids is 12. The number of nitrogens with one attached hydrogen (secondary N) is 5. The molecule has 2 aliphatic rings. The number of aliphatic carboxylic acids is 7. The first-order chi connectivity index (χ1) is 61.0. The Balaban J connectivity index is 1.26. The molecule has 0 bridgehead atoms. The minimum atomic E-state index is -1.54. The molecule has 6 rings (SSSR count). The largest absolute Gasteiger partial charge is 0.548 e. The Morgan fingerprint density at radius 3 is 0.883 bits per heavy atom. The van der Waals surface area contributed by atoms with Crippen LogP contribution in [0.25, 0.3) is 0 Å². The van der Waals surface area contributed by atoms with Crippen LogP contribution in [0, 0.1) is 0 Å². The first-order valence-corrected chi connectivity index (χ1v) is 43.5. The molecule has 8 unspecified atom stereocenters. The first kappa shape index (κ1) is 106. The number of rotatable bonds is 57. The van der Waals surface area contributed by atoms with E-state index < -0.39 is 101 Å². The summed E-state index contributed by atoms with van der Waals surface area (Å²) < 4.78 is 11.5. The predicted octanol–water partition coefficient (Wildman–Crippen LogP) is -3.47. The monoisotopic (exact) mass is 1790 g/mol. The van der Waals surface area contributed by atoms with Crippen LogP contribution in [0.5, 0.6) is 0 Å². The van der Waals surface area contributed by atoms with E-state index in [4.69, 9.17) is 9.47 Å². The standard InChI is InChI=1S/C87H128N16O25/c1-8-88-74-75(77(112)76(74)111)89-33-51-127-53-54-128-52-34-90-85-93-86(91-64-21-15-62(16-22-64)19-31-72(83(123)124)98-38-36-96(66(55-104)25-9-56(2)105)35-37-97(67(78(113)114)26-10-57(3)106)39-41-99(42-40-98)68(79(115)116)27-11-58(4)107)95-87(94-85)92-65-23-17-63(18-24-65)20-32-73(84(125)126)103-49-47-101(70(81(119)120)29-13-60(6)109)45-43-100(69(80(117)118)28-12-59(5)108)44-46-102(48-50-103)71(82(121)122)30-14-61(7)110/h15-18,21-24,55,66-73,88-89H,8-14,19-20,25-54H2,1-7H3,(H,113,114)(H,115,116)(H,117,118)(H,119,120)(H,121,122)(H,123,124)(H,125,126)(H3,90,91,92,93,94,95)/p-5. The summed E-state index contributed by atoms with van der Waals surface area (Å²) in [5, 5.41) is 102. The molecule has 41 heteroatoms. The average molecular weight is 1790 g/mol. The number of aldehydes is 1. The van der Waals surface area contributed by atoms with Gasteiger partial charge in [-0.3, -0.25) is 58.4 Å². The summed E-state index contributed by atoms with van der Waals surface area (Å²) >= 11 is 0. The Hall–Kier alpha value is -10.9. The third-order valence-corrected chi connectivity index (χ3v) is 22.9. The number of hydrogen-bond donors (Lipinski definition) is 7. The average Bonchev–Trinajstić information content (AvgIpc) is 0.783. The Bertz CT molecular complexity index is 4370. The van der Waals surface area contributed by atoms with Gasteiger partial charge in [-0.05, 0) is 148 Å². The van der Waals surface area contributed by atoms with E-state index in [0.29, 0.717) is 35.3 Å². The van der Waals surface area contributed by atoms with Crippen LogP contribution >= 0.6 is 0 Å². The number of anilines is 7. The van der Waals surface area contributed by atoms with Crippen molar-refractivity contribution in [2.75, 3.05) is 177 Å². The molecule has 1 aromatic heterocycles. The van der Waals surface area contributed by atoms with Gasteiger partial charge in [-0.25, -0.2) is 0 Å². The highest BCUT2D eigenvalue weighted by atomic mass is 16.5. The molecule has 2 fully saturated rings. The Labute approximate surface area is 743 Å². The van der Waals surface area contributed by atoms with E-state index in [9.17, 15) is 112 Å². The van der Waals surface area contributed by atoms with Crippen LogP contribution in [0.1, 0.15) is 149 Å². The van der Waals surface area contributed by atoms with Crippen molar-refractivity contribution in [3.63, 3.8) is 0 Å². The van der Waals surface area contributed by atoms with Gasteiger partial charge in [-0.15, -0.1) is 0 Å². The zero-order chi connectivity index (χ0) is 94.1. The fraction of sp³-hybridized carbons (Fsp3) is 0.621. The topological polar surface area (TPSA) is 572 Å². The van der Waals surface area contributed by atoms with E-state index in [1.165, 1.54) is 61.1 Å². The highest BCUT2D eigenvalue weighted by Gasteiger charge is 2.36. The van der Waals surface area contributed by atoms with E-state index in [0.717, 1.165) is 0 Å². The highest BCUT2D eigenvalue weighted by molar-refractivity contribution is 5.81. The maximum absolute atomic E-state index is 13.6. The summed E-state index contributed by atoms with van der Waals surface area (Å²) in [6.45, 7) is 9.75. The molecule has 0 saturated carbocycles. The number of carboxylic acid groups (broad SMARTS) is 7. The van der Waals surface area contributed by atoms with Crippen molar-refractivity contribution in [2.45, 2.75) is 200 Å². The lowest BCUT2D eigenvalue weighted by Gasteiger charge is -2.42. The molecular weight excluding hydrogens is 1670 g/mol. The van der Waals surface area contributed by atoms with Gasteiger partial charge in [0, 0.05) is 204 Å². The van der Waals surface area contributed by atoms with Gasteiger partial charge in [0.25, 0.3) is 10.9 Å². The van der Waals surface area contributed by atoms with E-state index >= 15 is 0 Å². The van der Waals surface area contributed by atoms with E-state index in [1.54, 1.807) is 75.1 Å². The molecule has 0 amide bonds. The maximum Gasteiger partial charge on any atom is 0.320 e. The number of carbonyl (C=O) groups is 14. The van der Waals surface area contributed by atoms with Crippen molar-refractivity contribution in [1.82, 2.24) is 54.2 Å². The number of ether oxygens (including phenoxy) is 2. The van der Waals surface area contributed by atoms with Crippen LogP contribution in [-0.2, 0) is 89.4 Å². The Kier molecular flexibility index (Phi) is 45.6. The van der Waals surface area contributed by atoms with Crippen LogP contribution in [-0.4, -0.2) is 346 Å². The second-order valence-corrected chi connectivity index (χ2v) is 32.4. The smallest absolute Gasteiger partial charge is 0.320 e. The molecule has 706 valence electrons. The van der Waals surface area contributed by atoms with Gasteiger partial charge in [0.1, 0.15) is 64.4 Å². The van der Waals surface area contributed by atoms with Crippen molar-refractivity contribution in [1.29, 1.82) is 0 Å². The van der Waals surface area contributed by atoms with Crippen molar-refractivity contribution in [2.24, 2.45) is 0 Å². The molecule has 3 aromatic carbocycles. The lowest BCUT2D eigenvalue weighted by atomic mass is 10.0. The Morgan fingerprint density at radius 2 is 0.617 bits per heavy atom. The second kappa shape index (κ2) is 55.1. The summed E-state index contributed by atoms with van der Waals surface area (Å²) in [5.41, 5.74) is 1.54. The van der Waals surface area contributed by atoms with Crippen molar-refractivity contribution < 1.29 is 112 Å². The number of aromatic nitrogens is 3. The number of benzene rings is 2. The molecule has 0 spiro atoms. The molecule has 4 aromatic rings. The number of nitrogens with zero attached hydrogens (tertiary/aromatic N) is 11. The molecule has 8 atom stereocenters. The molecule has 3 heterocycles. The summed E-state index contributed by atoms with van der Waals surface area (Å²) in [6, 6.07) is 3.62. The molecule has 128 heavy (non-hydrogen) atoms. The SMILES string of the molecule is CCNc1c(NCCOCCOCCNc2nc(Nc3ccc(CCC(C(=O)O)N4CCN(C(C=O)CCC(C)=O)CCN(C(CCC(C)=O)C(=O)[O-])CCN(C(CCC(C)=O)C(=O)[O-])CC4)cc3)nc(Nc3ccc(CCC(C(=O)O)N4CCN(C(CCC(C)=O)C(=O)[O-])CCN(C(CCC(C)=O)C(=O)[O-])CCN(C(CCC(C)=O)C(=O)[O-])CC4)cc3)n2)c(=O)c1=O. The van der Waals surface area contributed by atoms with Crippen molar-refractivity contribution >= 4 is 123 Å². The molecular formula is C87H123N16O25-5. The molecule has 41 nitrogen and oxygen atoms in total. The highest BCUT2D eigenvalue weighted by Crippen LogP contribution is 2.26. The van der Waals surface area contributed by atoms with Gasteiger partial charge in [0.05, 0.1) is 62.3 Å². The summed E-state index contributed by atoms with van der Waals surface area (Å²) in [4.78, 5) is 228. The van der Waals surface area contributed by atoms with Crippen molar-refractivity contribution in [3.8, 4) is 0 Å². The quantitative estimate of drug-likeness (QED) is 0.0128. The van der Waals surface area contributed by atoms with Gasteiger partial charge >= 0.3 is 11.9 Å². The normalized spacial score (nSPS) is 17.1. The van der Waals surface area contributed by atoms with Gasteiger partial charge in [0.2, 0.25) is 17.8 Å². The predicted molar refractivity (Wildman–Crippen MR) is 459 cm³/mol. The van der Waals surface area contributed by atoms with Gasteiger partial charge in [0.15, 0.2) is 0 Å². The molecule has 2 saturated heterocycles. The molecule has 0 aliphatic carbocycles. The number of carboxylic acids is 7. The summed E-state index contributed by atoms with van der Waals surface area (Å²) in [6.07, 6.45) is -0.484. The molecule has 2 aliphatic heterocycles. The number of ketones is 6. The zero-order valence-corrected chi connectivity index (χ0v) is 74.1. The van der Waals surface area contributed by atoms with E-state index in [-0.39, 0.29) is 311 Å². The van der Waals surface area contributed by atoms with E-state index in [2.05, 4.69) is 41.5 Å². The van der Waals surface area contributed by atoms with Gasteiger partial charge in [-0.1, -0.05) is 24.3 Å². The van der Waals surface area contributed by atoms with Crippen molar-refractivity contribution in [3.05, 3.63) is 80.1 Å². The lowest BCUT2D eigenvalue weighted by molar-refractivity contribution is -0.314. The van der Waals surface area contributed by atoms with Crippen LogP contribution in [0.4, 0.5) is 40.6 Å². The summed E-state index contributed by atoms with van der Waals surface area (Å²) in [7, 11) is 0. The molecule has 7 N–H and O–H groups in total. The summed E-state index contributed by atoms with van der Waals surface area (Å²) in [5.74, 6) is -11.6. The first-order valence-electron chi connectivity index (χ1n) is 43.5. The number of Topliss-reactive ketones (excluding diaryl/α,β-unsaturated/α-hetero) is 6. The molecule has 0 radical (unpaired) electrons. The number of hydrogen-bond acceptors (Lipinski definition) is 39. The van der Waals surface area contributed by atoms with Gasteiger partial charge < -0.3 is 129 Å². The minimum Gasteiger partial charge on any atom is -0.548 e.